The second-order valence-electron chi connectivity index (χ2n) is 7.26. The molecular formula is C19H34O6. The SMILES string of the molecule is CCCCOC(=O)C(C)(CC)CC(C)(CC(C)OC(C)=O)C(=O)OC. The molecule has 146 valence electrons. The van der Waals surface area contributed by atoms with E-state index in [1.54, 1.807) is 20.8 Å². The van der Waals surface area contributed by atoms with Gasteiger partial charge in [-0.15, -0.1) is 0 Å². The summed E-state index contributed by atoms with van der Waals surface area (Å²) in [7, 11) is 1.32. The third kappa shape index (κ3) is 7.45. The predicted molar refractivity (Wildman–Crippen MR) is 94.9 cm³/mol. The highest BCUT2D eigenvalue weighted by Crippen LogP contribution is 2.42. The average molecular weight is 358 g/mol. The van der Waals surface area contributed by atoms with Crippen molar-refractivity contribution in [2.75, 3.05) is 13.7 Å². The lowest BCUT2D eigenvalue weighted by atomic mass is 9.69. The van der Waals surface area contributed by atoms with Crippen LogP contribution < -0.4 is 0 Å². The summed E-state index contributed by atoms with van der Waals surface area (Å²) in [5, 5.41) is 0. The van der Waals surface area contributed by atoms with Crippen LogP contribution >= 0.6 is 0 Å². The molecule has 0 aromatic carbocycles. The Balaban J connectivity index is 5.33. The standard InChI is InChI=1S/C19H34O6/c1-8-10-11-24-17(22)18(5,9-2)13-19(6,16(21)23-7)12-14(3)25-15(4)20/h14H,8-13H2,1-7H3. The molecule has 0 amide bonds. The molecule has 0 aliphatic rings. The van der Waals surface area contributed by atoms with Gasteiger partial charge in [-0.3, -0.25) is 14.4 Å². The van der Waals surface area contributed by atoms with Crippen molar-refractivity contribution in [2.45, 2.75) is 79.8 Å². The van der Waals surface area contributed by atoms with E-state index >= 15 is 0 Å². The smallest absolute Gasteiger partial charge is 0.311 e. The summed E-state index contributed by atoms with van der Waals surface area (Å²) in [4.78, 5) is 36.1. The molecule has 0 radical (unpaired) electrons. The van der Waals surface area contributed by atoms with E-state index in [1.165, 1.54) is 14.0 Å². The Hall–Kier alpha value is -1.59. The summed E-state index contributed by atoms with van der Waals surface area (Å²) >= 11 is 0. The van der Waals surface area contributed by atoms with Crippen molar-refractivity contribution < 1.29 is 28.6 Å². The van der Waals surface area contributed by atoms with Crippen LogP contribution in [0.2, 0.25) is 0 Å². The van der Waals surface area contributed by atoms with Gasteiger partial charge in [-0.25, -0.2) is 0 Å². The van der Waals surface area contributed by atoms with E-state index in [9.17, 15) is 14.4 Å². The molecule has 0 spiro atoms. The molecule has 6 nitrogen and oxygen atoms in total. The van der Waals surface area contributed by atoms with E-state index in [1.807, 2.05) is 13.8 Å². The lowest BCUT2D eigenvalue weighted by molar-refractivity contribution is -0.166. The minimum Gasteiger partial charge on any atom is -0.469 e. The Bertz CT molecular complexity index is 461. The fraction of sp³-hybridized carbons (Fsp3) is 0.842. The first kappa shape index (κ1) is 23.4. The zero-order chi connectivity index (χ0) is 19.7. The molecular weight excluding hydrogens is 324 g/mol. The fourth-order valence-electron chi connectivity index (χ4n) is 3.12. The van der Waals surface area contributed by atoms with Gasteiger partial charge in [0.1, 0.15) is 6.10 Å². The summed E-state index contributed by atoms with van der Waals surface area (Å²) in [6, 6.07) is 0. The van der Waals surface area contributed by atoms with E-state index in [0.29, 0.717) is 13.0 Å². The fourth-order valence-corrected chi connectivity index (χ4v) is 3.12. The molecule has 0 fully saturated rings. The number of carbonyl (C=O) groups excluding carboxylic acids is 3. The first-order valence-corrected chi connectivity index (χ1v) is 8.97. The van der Waals surface area contributed by atoms with Crippen LogP contribution in [0.3, 0.4) is 0 Å². The molecule has 6 heteroatoms. The van der Waals surface area contributed by atoms with E-state index in [2.05, 4.69) is 0 Å². The molecule has 0 aromatic heterocycles. The molecule has 0 N–H and O–H groups in total. The highest BCUT2D eigenvalue weighted by atomic mass is 16.5. The summed E-state index contributed by atoms with van der Waals surface area (Å²) < 4.78 is 15.5. The molecule has 3 unspecified atom stereocenters. The molecule has 0 saturated heterocycles. The Kier molecular flexibility index (Phi) is 9.75. The van der Waals surface area contributed by atoms with Gasteiger partial charge in [0.05, 0.1) is 24.5 Å². The molecule has 0 saturated carbocycles. The van der Waals surface area contributed by atoms with Crippen LogP contribution in [-0.4, -0.2) is 37.7 Å². The maximum absolute atomic E-state index is 12.6. The normalized spacial score (nSPS) is 16.9. The van der Waals surface area contributed by atoms with Crippen LogP contribution in [0.1, 0.15) is 73.6 Å². The monoisotopic (exact) mass is 358 g/mol. The Morgan fingerprint density at radius 3 is 2.08 bits per heavy atom. The largest absolute Gasteiger partial charge is 0.469 e. The van der Waals surface area contributed by atoms with Crippen molar-refractivity contribution in [1.82, 2.24) is 0 Å². The first-order valence-electron chi connectivity index (χ1n) is 8.97. The number of rotatable bonds is 11. The van der Waals surface area contributed by atoms with Crippen molar-refractivity contribution in [1.29, 1.82) is 0 Å². The number of esters is 3. The Morgan fingerprint density at radius 1 is 1.04 bits per heavy atom. The van der Waals surface area contributed by atoms with Crippen LogP contribution in [0.5, 0.6) is 0 Å². The van der Waals surface area contributed by atoms with Crippen LogP contribution in [0, 0.1) is 10.8 Å². The van der Waals surface area contributed by atoms with Crippen LogP contribution in [0.25, 0.3) is 0 Å². The molecule has 0 aromatic rings. The second-order valence-corrected chi connectivity index (χ2v) is 7.26. The van der Waals surface area contributed by atoms with Gasteiger partial charge in [0.2, 0.25) is 0 Å². The lowest BCUT2D eigenvalue weighted by Gasteiger charge is -2.36. The molecule has 25 heavy (non-hydrogen) atoms. The maximum atomic E-state index is 12.6. The average Bonchev–Trinajstić information content (AvgIpc) is 2.52. The van der Waals surface area contributed by atoms with Gasteiger partial charge in [0, 0.05) is 6.92 Å². The van der Waals surface area contributed by atoms with Crippen molar-refractivity contribution in [3.05, 3.63) is 0 Å². The summed E-state index contributed by atoms with van der Waals surface area (Å²) in [6.07, 6.45) is 2.36. The number of hydrogen-bond donors (Lipinski definition) is 0. The minimum absolute atomic E-state index is 0.264. The first-order chi connectivity index (χ1) is 11.5. The number of carbonyl (C=O) groups is 3. The molecule has 0 rings (SSSR count). The van der Waals surface area contributed by atoms with Crippen molar-refractivity contribution >= 4 is 17.9 Å². The second kappa shape index (κ2) is 10.4. The quantitative estimate of drug-likeness (QED) is 0.319. The predicted octanol–water partition coefficient (Wildman–Crippen LogP) is 3.66. The van der Waals surface area contributed by atoms with Gasteiger partial charge in [-0.2, -0.15) is 0 Å². The van der Waals surface area contributed by atoms with E-state index in [-0.39, 0.29) is 18.8 Å². The van der Waals surface area contributed by atoms with Crippen molar-refractivity contribution in [2.24, 2.45) is 10.8 Å². The Labute approximate surface area is 151 Å². The molecule has 0 bridgehead atoms. The van der Waals surface area contributed by atoms with Crippen LogP contribution in [-0.2, 0) is 28.6 Å². The van der Waals surface area contributed by atoms with Crippen LogP contribution in [0.15, 0.2) is 0 Å². The maximum Gasteiger partial charge on any atom is 0.311 e. The van der Waals surface area contributed by atoms with Gasteiger partial charge >= 0.3 is 17.9 Å². The zero-order valence-electron chi connectivity index (χ0n) is 16.8. The van der Waals surface area contributed by atoms with Gasteiger partial charge < -0.3 is 14.2 Å². The molecule has 0 aliphatic heterocycles. The number of methoxy groups -OCH3 is 1. The highest BCUT2D eigenvalue weighted by molar-refractivity contribution is 5.80. The topological polar surface area (TPSA) is 78.9 Å². The molecule has 0 aliphatic carbocycles. The third-order valence-electron chi connectivity index (χ3n) is 4.57. The number of unbranched alkanes of at least 4 members (excludes halogenated alkanes) is 1. The Morgan fingerprint density at radius 2 is 1.64 bits per heavy atom. The summed E-state index contributed by atoms with van der Waals surface area (Å²) in [5.74, 6) is -1.14. The van der Waals surface area contributed by atoms with Gasteiger partial charge in [-0.05, 0) is 46.5 Å². The summed E-state index contributed by atoms with van der Waals surface area (Å²) in [6.45, 7) is 10.9. The highest BCUT2D eigenvalue weighted by Gasteiger charge is 2.46. The van der Waals surface area contributed by atoms with Crippen molar-refractivity contribution in [3.63, 3.8) is 0 Å². The van der Waals surface area contributed by atoms with E-state index in [4.69, 9.17) is 14.2 Å². The lowest BCUT2D eigenvalue weighted by Crippen LogP contribution is -2.42. The van der Waals surface area contributed by atoms with E-state index < -0.39 is 28.9 Å². The van der Waals surface area contributed by atoms with Gasteiger partial charge in [0.15, 0.2) is 0 Å². The number of hydrogen-bond acceptors (Lipinski definition) is 6. The minimum atomic E-state index is -0.960. The van der Waals surface area contributed by atoms with E-state index in [0.717, 1.165) is 12.8 Å². The van der Waals surface area contributed by atoms with Gasteiger partial charge in [0.25, 0.3) is 0 Å². The molecule has 3 atom stereocenters. The third-order valence-corrected chi connectivity index (χ3v) is 4.57. The van der Waals surface area contributed by atoms with Crippen LogP contribution in [0.4, 0.5) is 0 Å². The van der Waals surface area contributed by atoms with Gasteiger partial charge in [-0.1, -0.05) is 20.3 Å². The number of ether oxygens (including phenoxy) is 3. The van der Waals surface area contributed by atoms with Crippen molar-refractivity contribution in [3.8, 4) is 0 Å². The summed E-state index contributed by atoms with van der Waals surface area (Å²) in [5.41, 5.74) is -1.77. The molecule has 0 heterocycles. The zero-order valence-corrected chi connectivity index (χ0v) is 16.8.